The predicted molar refractivity (Wildman–Crippen MR) is 70.9 cm³/mol. The number of hydrogen-bond acceptors (Lipinski definition) is 4. The molecule has 0 amide bonds. The first-order valence-corrected chi connectivity index (χ1v) is 5.82. The number of carbonyl (C=O) groups is 1. The normalized spacial score (nSPS) is 9.89. The number of carbonyl (C=O) groups excluding carboxylic acids is 1. The van der Waals surface area contributed by atoms with E-state index in [1.807, 2.05) is 0 Å². The summed E-state index contributed by atoms with van der Waals surface area (Å²) >= 11 is 0. The number of rotatable bonds is 3. The second kappa shape index (κ2) is 5.27. The quantitative estimate of drug-likeness (QED) is 0.672. The van der Waals surface area contributed by atoms with Gasteiger partial charge in [0.15, 0.2) is 0 Å². The highest BCUT2D eigenvalue weighted by Crippen LogP contribution is 2.21. The molecule has 0 saturated heterocycles. The van der Waals surface area contributed by atoms with E-state index in [4.69, 9.17) is 15.7 Å². The molecule has 0 fully saturated rings. The first-order valence-electron chi connectivity index (χ1n) is 5.82. The van der Waals surface area contributed by atoms with E-state index in [-0.39, 0.29) is 0 Å². The van der Waals surface area contributed by atoms with Gasteiger partial charge in [-0.25, -0.2) is 4.79 Å². The molecule has 1 heterocycles. The monoisotopic (exact) mass is 255 g/mol. The van der Waals surface area contributed by atoms with Gasteiger partial charge in [-0.1, -0.05) is 0 Å². The van der Waals surface area contributed by atoms with Crippen molar-refractivity contribution >= 4 is 11.7 Å². The summed E-state index contributed by atoms with van der Waals surface area (Å²) in [5.74, 6) is -0.409. The third kappa shape index (κ3) is 2.43. The Bertz CT molecular complexity index is 653. The largest absolute Gasteiger partial charge is 0.462 e. The zero-order chi connectivity index (χ0) is 13.8. The van der Waals surface area contributed by atoms with Crippen molar-refractivity contribution in [3.63, 3.8) is 0 Å². The van der Waals surface area contributed by atoms with Gasteiger partial charge in [-0.05, 0) is 37.3 Å². The van der Waals surface area contributed by atoms with E-state index in [1.165, 1.54) is 0 Å². The minimum atomic E-state index is -0.409. The zero-order valence-electron chi connectivity index (χ0n) is 10.5. The van der Waals surface area contributed by atoms with Gasteiger partial charge in [0.2, 0.25) is 0 Å². The number of anilines is 1. The van der Waals surface area contributed by atoms with Crippen molar-refractivity contribution in [1.82, 2.24) is 4.57 Å². The van der Waals surface area contributed by atoms with Gasteiger partial charge in [-0.3, -0.25) is 0 Å². The van der Waals surface area contributed by atoms with E-state index in [0.29, 0.717) is 29.2 Å². The molecule has 5 heteroatoms. The van der Waals surface area contributed by atoms with Gasteiger partial charge < -0.3 is 15.0 Å². The lowest BCUT2D eigenvalue weighted by atomic mass is 10.1. The summed E-state index contributed by atoms with van der Waals surface area (Å²) in [6.07, 6.45) is 1.74. The number of ether oxygens (including phenoxy) is 1. The lowest BCUT2D eigenvalue weighted by Crippen LogP contribution is -2.07. The van der Waals surface area contributed by atoms with E-state index in [9.17, 15) is 4.79 Å². The summed E-state index contributed by atoms with van der Waals surface area (Å²) < 4.78 is 6.58. The Balaban J connectivity index is 2.41. The highest BCUT2D eigenvalue weighted by Gasteiger charge is 2.11. The molecule has 0 unspecified atom stereocenters. The van der Waals surface area contributed by atoms with Crippen LogP contribution in [0, 0.1) is 11.3 Å². The Kier molecular flexibility index (Phi) is 3.53. The summed E-state index contributed by atoms with van der Waals surface area (Å²) in [4.78, 5) is 11.6. The van der Waals surface area contributed by atoms with Crippen molar-refractivity contribution in [1.29, 1.82) is 5.26 Å². The predicted octanol–water partition coefficient (Wildman–Crippen LogP) is 2.11. The Morgan fingerprint density at radius 1 is 1.47 bits per heavy atom. The van der Waals surface area contributed by atoms with Crippen LogP contribution in [0.25, 0.3) is 5.69 Å². The van der Waals surface area contributed by atoms with Gasteiger partial charge in [0.1, 0.15) is 11.8 Å². The summed E-state index contributed by atoms with van der Waals surface area (Å²) in [5, 5.41) is 8.99. The van der Waals surface area contributed by atoms with E-state index in [2.05, 4.69) is 6.07 Å². The van der Waals surface area contributed by atoms with Crippen molar-refractivity contribution in [2.24, 2.45) is 0 Å². The zero-order valence-corrected chi connectivity index (χ0v) is 10.5. The Labute approximate surface area is 110 Å². The van der Waals surface area contributed by atoms with Crippen molar-refractivity contribution in [3.05, 3.63) is 47.8 Å². The molecule has 0 aliphatic heterocycles. The standard InChI is InChI=1S/C14H13N3O2/c1-2-19-14(18)10-5-6-13(12(16)8-10)17-7-3-4-11(17)9-15/h3-8H,2,16H2,1H3. The molecule has 0 atom stereocenters. The van der Waals surface area contributed by atoms with Crippen molar-refractivity contribution in [2.45, 2.75) is 6.92 Å². The van der Waals surface area contributed by atoms with E-state index in [1.54, 1.807) is 48.0 Å². The molecule has 0 aliphatic rings. The molecule has 19 heavy (non-hydrogen) atoms. The average Bonchev–Trinajstić information content (AvgIpc) is 2.87. The molecule has 0 saturated carbocycles. The van der Waals surface area contributed by atoms with E-state index < -0.39 is 5.97 Å². The Hall–Kier alpha value is -2.74. The number of hydrogen-bond donors (Lipinski definition) is 1. The van der Waals surface area contributed by atoms with Crippen LogP contribution < -0.4 is 5.73 Å². The van der Waals surface area contributed by atoms with Crippen LogP contribution in [0.4, 0.5) is 5.69 Å². The van der Waals surface area contributed by atoms with Crippen LogP contribution in [-0.2, 0) is 4.74 Å². The fourth-order valence-electron chi connectivity index (χ4n) is 1.80. The fraction of sp³-hybridized carbons (Fsp3) is 0.143. The topological polar surface area (TPSA) is 81.0 Å². The van der Waals surface area contributed by atoms with Crippen LogP contribution in [0.2, 0.25) is 0 Å². The maximum atomic E-state index is 11.6. The smallest absolute Gasteiger partial charge is 0.338 e. The molecular weight excluding hydrogens is 242 g/mol. The van der Waals surface area contributed by atoms with Crippen LogP contribution in [0.3, 0.4) is 0 Å². The third-order valence-corrected chi connectivity index (χ3v) is 2.66. The Morgan fingerprint density at radius 2 is 2.26 bits per heavy atom. The summed E-state index contributed by atoms with van der Waals surface area (Å²) in [7, 11) is 0. The van der Waals surface area contributed by atoms with Gasteiger partial charge in [0.25, 0.3) is 0 Å². The van der Waals surface area contributed by atoms with Crippen LogP contribution in [0.5, 0.6) is 0 Å². The molecule has 0 spiro atoms. The van der Waals surface area contributed by atoms with Gasteiger partial charge >= 0.3 is 5.97 Å². The highest BCUT2D eigenvalue weighted by atomic mass is 16.5. The fourth-order valence-corrected chi connectivity index (χ4v) is 1.80. The number of nitriles is 1. The van der Waals surface area contributed by atoms with E-state index in [0.717, 1.165) is 0 Å². The number of nitrogens with two attached hydrogens (primary N) is 1. The summed E-state index contributed by atoms with van der Waals surface area (Å²) in [6, 6.07) is 10.4. The van der Waals surface area contributed by atoms with Crippen LogP contribution in [0.1, 0.15) is 23.0 Å². The van der Waals surface area contributed by atoms with Crippen molar-refractivity contribution < 1.29 is 9.53 Å². The third-order valence-electron chi connectivity index (χ3n) is 2.66. The SMILES string of the molecule is CCOC(=O)c1ccc(-n2cccc2C#N)c(N)c1. The number of esters is 1. The first-order chi connectivity index (χ1) is 9.17. The molecule has 2 aromatic rings. The molecule has 2 rings (SSSR count). The van der Waals surface area contributed by atoms with Gasteiger partial charge in [0, 0.05) is 6.20 Å². The summed E-state index contributed by atoms with van der Waals surface area (Å²) in [6.45, 7) is 2.06. The van der Waals surface area contributed by atoms with Crippen LogP contribution in [0.15, 0.2) is 36.5 Å². The van der Waals surface area contributed by atoms with E-state index >= 15 is 0 Å². The van der Waals surface area contributed by atoms with Crippen LogP contribution >= 0.6 is 0 Å². The minimum absolute atomic E-state index is 0.316. The lowest BCUT2D eigenvalue weighted by Gasteiger charge is -2.10. The number of aromatic nitrogens is 1. The second-order valence-corrected chi connectivity index (χ2v) is 3.87. The second-order valence-electron chi connectivity index (χ2n) is 3.87. The van der Waals surface area contributed by atoms with Crippen molar-refractivity contribution in [2.75, 3.05) is 12.3 Å². The van der Waals surface area contributed by atoms with Gasteiger partial charge in [-0.15, -0.1) is 0 Å². The summed E-state index contributed by atoms with van der Waals surface area (Å²) in [5.41, 5.74) is 7.89. The first kappa shape index (κ1) is 12.7. The average molecular weight is 255 g/mol. The molecule has 0 radical (unpaired) electrons. The molecule has 96 valence electrons. The highest BCUT2D eigenvalue weighted by molar-refractivity contribution is 5.91. The maximum absolute atomic E-state index is 11.6. The molecule has 1 aromatic carbocycles. The molecule has 5 nitrogen and oxygen atoms in total. The maximum Gasteiger partial charge on any atom is 0.338 e. The van der Waals surface area contributed by atoms with Gasteiger partial charge in [0.05, 0.1) is 23.5 Å². The molecule has 0 aliphatic carbocycles. The lowest BCUT2D eigenvalue weighted by molar-refractivity contribution is 0.0526. The molecule has 2 N–H and O–H groups in total. The van der Waals surface area contributed by atoms with Crippen LogP contribution in [-0.4, -0.2) is 17.1 Å². The Morgan fingerprint density at radius 3 is 2.89 bits per heavy atom. The number of nitrogen functional groups attached to an aromatic ring is 1. The molecule has 0 bridgehead atoms. The number of benzene rings is 1. The molecule has 1 aromatic heterocycles. The minimum Gasteiger partial charge on any atom is -0.462 e. The number of nitrogens with zero attached hydrogens (tertiary/aromatic N) is 2. The van der Waals surface area contributed by atoms with Gasteiger partial charge in [-0.2, -0.15) is 5.26 Å². The molecular formula is C14H13N3O2. The van der Waals surface area contributed by atoms with Crippen molar-refractivity contribution in [3.8, 4) is 11.8 Å².